The molecule has 3 rings (SSSR count). The molecule has 1 aromatic carbocycles. The van der Waals surface area contributed by atoms with Crippen LogP contribution in [0.4, 0.5) is 4.79 Å². The number of thiophene rings is 1. The Morgan fingerprint density at radius 2 is 2.12 bits per heavy atom. The molecule has 1 N–H and O–H groups in total. The van der Waals surface area contributed by atoms with Crippen molar-refractivity contribution in [2.24, 2.45) is 0 Å². The van der Waals surface area contributed by atoms with E-state index in [9.17, 15) is 9.59 Å². The molecular weight excluding hydrogens is 346 g/mol. The number of hydrogen-bond acceptors (Lipinski definition) is 3. The molecule has 0 aliphatic carbocycles. The van der Waals surface area contributed by atoms with Gasteiger partial charge in [-0.1, -0.05) is 29.8 Å². The van der Waals surface area contributed by atoms with Crippen LogP contribution in [0.2, 0.25) is 5.02 Å². The number of amides is 3. The van der Waals surface area contributed by atoms with Crippen molar-refractivity contribution in [1.29, 1.82) is 0 Å². The second kappa shape index (κ2) is 6.99. The maximum absolute atomic E-state index is 12.5. The minimum atomic E-state index is -0.363. The summed E-state index contributed by atoms with van der Waals surface area (Å²) in [7, 11) is 3.43. The number of rotatable bonds is 3. The van der Waals surface area contributed by atoms with Crippen LogP contribution in [0.25, 0.3) is 10.1 Å². The molecule has 1 aromatic heterocycles. The number of hydrogen-bond donors (Lipinski definition) is 1. The molecule has 3 amide bonds. The van der Waals surface area contributed by atoms with Crippen LogP contribution in [0.15, 0.2) is 24.3 Å². The molecule has 1 saturated heterocycles. The monoisotopic (exact) mass is 365 g/mol. The third kappa shape index (κ3) is 3.21. The summed E-state index contributed by atoms with van der Waals surface area (Å²) in [6.07, 6.45) is 1.56. The van der Waals surface area contributed by atoms with Gasteiger partial charge >= 0.3 is 6.03 Å². The molecule has 1 aliphatic heterocycles. The van der Waals surface area contributed by atoms with Gasteiger partial charge in [-0.3, -0.25) is 4.79 Å². The van der Waals surface area contributed by atoms with Crippen LogP contribution in [0.5, 0.6) is 0 Å². The summed E-state index contributed by atoms with van der Waals surface area (Å²) in [5, 5.41) is 4.61. The molecule has 1 unspecified atom stereocenters. The van der Waals surface area contributed by atoms with Gasteiger partial charge in [-0.2, -0.15) is 0 Å². The van der Waals surface area contributed by atoms with Crippen molar-refractivity contribution >= 4 is 45.0 Å². The predicted molar refractivity (Wildman–Crippen MR) is 97.5 cm³/mol. The number of likely N-dealkylation sites (tertiary alicyclic amines) is 1. The summed E-state index contributed by atoms with van der Waals surface area (Å²) in [5.74, 6) is -0.0254. The zero-order valence-corrected chi connectivity index (χ0v) is 15.3. The van der Waals surface area contributed by atoms with Gasteiger partial charge in [-0.15, -0.1) is 11.3 Å². The summed E-state index contributed by atoms with van der Waals surface area (Å²) in [6.45, 7) is 0.979. The molecule has 1 atom stereocenters. The van der Waals surface area contributed by atoms with E-state index < -0.39 is 0 Å². The van der Waals surface area contributed by atoms with E-state index >= 15 is 0 Å². The van der Waals surface area contributed by atoms with Crippen LogP contribution in [0.3, 0.4) is 0 Å². The van der Waals surface area contributed by atoms with Gasteiger partial charge in [0.15, 0.2) is 0 Å². The molecule has 5 nitrogen and oxygen atoms in total. The van der Waals surface area contributed by atoms with Gasteiger partial charge in [-0.05, 0) is 18.9 Å². The topological polar surface area (TPSA) is 52.7 Å². The van der Waals surface area contributed by atoms with Gasteiger partial charge in [0.25, 0.3) is 0 Å². The Bertz CT molecular complexity index is 774. The van der Waals surface area contributed by atoms with E-state index in [1.165, 1.54) is 0 Å². The number of nitrogens with zero attached hydrogens (tertiary/aromatic N) is 2. The molecule has 0 saturated carbocycles. The van der Waals surface area contributed by atoms with Crippen LogP contribution >= 0.6 is 22.9 Å². The summed E-state index contributed by atoms with van der Waals surface area (Å²) < 4.78 is 1.11. The number of fused-ring (bicyclic) bond motifs is 1. The van der Waals surface area contributed by atoms with E-state index in [1.807, 2.05) is 24.3 Å². The van der Waals surface area contributed by atoms with Gasteiger partial charge in [0, 0.05) is 35.6 Å². The fourth-order valence-electron chi connectivity index (χ4n) is 3.00. The van der Waals surface area contributed by atoms with Crippen molar-refractivity contribution in [3.8, 4) is 0 Å². The lowest BCUT2D eigenvalue weighted by molar-refractivity contribution is -0.132. The number of carbonyl (C=O) groups excluding carboxylic acids is 2. The van der Waals surface area contributed by atoms with Crippen molar-refractivity contribution in [2.45, 2.75) is 25.4 Å². The van der Waals surface area contributed by atoms with Crippen LogP contribution in [0, 0.1) is 0 Å². The predicted octanol–water partition coefficient (Wildman–Crippen LogP) is 3.32. The van der Waals surface area contributed by atoms with Crippen molar-refractivity contribution in [3.05, 3.63) is 34.2 Å². The second-order valence-electron chi connectivity index (χ2n) is 6.08. The number of benzene rings is 1. The fourth-order valence-corrected chi connectivity index (χ4v) is 4.44. The molecule has 1 aliphatic rings. The molecule has 7 heteroatoms. The van der Waals surface area contributed by atoms with E-state index in [2.05, 4.69) is 5.32 Å². The van der Waals surface area contributed by atoms with Crippen LogP contribution < -0.4 is 5.32 Å². The average molecular weight is 366 g/mol. The Kier molecular flexibility index (Phi) is 4.96. The van der Waals surface area contributed by atoms with Crippen molar-refractivity contribution < 1.29 is 9.59 Å². The molecule has 24 heavy (non-hydrogen) atoms. The maximum atomic E-state index is 12.5. The van der Waals surface area contributed by atoms with Gasteiger partial charge in [0.1, 0.15) is 6.04 Å². The van der Waals surface area contributed by atoms with E-state index in [-0.39, 0.29) is 18.0 Å². The van der Waals surface area contributed by atoms with Gasteiger partial charge < -0.3 is 15.1 Å². The van der Waals surface area contributed by atoms with Crippen LogP contribution in [0.1, 0.15) is 17.7 Å². The van der Waals surface area contributed by atoms with Crippen molar-refractivity contribution in [1.82, 2.24) is 15.1 Å². The van der Waals surface area contributed by atoms with Crippen LogP contribution in [-0.2, 0) is 11.3 Å². The summed E-state index contributed by atoms with van der Waals surface area (Å²) in [6, 6.07) is 7.35. The van der Waals surface area contributed by atoms with Gasteiger partial charge in [-0.25, -0.2) is 4.79 Å². The summed E-state index contributed by atoms with van der Waals surface area (Å²) in [4.78, 5) is 28.8. The molecule has 2 heterocycles. The number of nitrogens with one attached hydrogen (secondary N) is 1. The molecule has 0 spiro atoms. The quantitative estimate of drug-likeness (QED) is 0.907. The highest BCUT2D eigenvalue weighted by atomic mass is 35.5. The molecule has 128 valence electrons. The van der Waals surface area contributed by atoms with E-state index in [0.717, 1.165) is 21.4 Å². The highest BCUT2D eigenvalue weighted by Crippen LogP contribution is 2.35. The molecule has 0 radical (unpaired) electrons. The van der Waals surface area contributed by atoms with E-state index in [4.69, 9.17) is 11.6 Å². The minimum Gasteiger partial charge on any atom is -0.347 e. The Balaban J connectivity index is 1.68. The second-order valence-corrected chi connectivity index (χ2v) is 7.59. The molecule has 1 fully saturated rings. The lowest BCUT2D eigenvalue weighted by Gasteiger charge is -2.26. The Morgan fingerprint density at radius 1 is 1.38 bits per heavy atom. The number of likely N-dealkylation sites (N-methyl/N-ethyl adjacent to an activating group) is 1. The molecular formula is C17H20ClN3O2S. The Hall–Kier alpha value is -1.79. The highest BCUT2D eigenvalue weighted by Gasteiger charge is 2.34. The first-order valence-electron chi connectivity index (χ1n) is 7.90. The smallest absolute Gasteiger partial charge is 0.318 e. The largest absolute Gasteiger partial charge is 0.347 e. The van der Waals surface area contributed by atoms with E-state index in [0.29, 0.717) is 24.5 Å². The summed E-state index contributed by atoms with van der Waals surface area (Å²) >= 11 is 7.99. The SMILES string of the molecule is CN(C)C(=O)C1CCCN1C(=O)NCc1sc2ccccc2c1Cl. The van der Waals surface area contributed by atoms with Gasteiger partial charge in [0.05, 0.1) is 11.6 Å². The average Bonchev–Trinajstić information content (AvgIpc) is 3.17. The maximum Gasteiger partial charge on any atom is 0.318 e. The first kappa shape index (κ1) is 17.0. The highest BCUT2D eigenvalue weighted by molar-refractivity contribution is 7.19. The van der Waals surface area contributed by atoms with Crippen molar-refractivity contribution in [3.63, 3.8) is 0 Å². The lowest BCUT2D eigenvalue weighted by Crippen LogP contribution is -2.49. The third-order valence-corrected chi connectivity index (χ3v) is 5.96. The zero-order valence-electron chi connectivity index (χ0n) is 13.7. The number of carbonyl (C=O) groups is 2. The molecule has 0 bridgehead atoms. The van der Waals surface area contributed by atoms with Crippen LogP contribution in [-0.4, -0.2) is 48.4 Å². The molecule has 2 aromatic rings. The first-order chi connectivity index (χ1) is 11.5. The van der Waals surface area contributed by atoms with Crippen molar-refractivity contribution in [2.75, 3.05) is 20.6 Å². The standard InChI is InChI=1S/C17H20ClN3O2S/c1-20(2)16(22)12-7-5-9-21(12)17(23)19-10-14-15(18)11-6-3-4-8-13(11)24-14/h3-4,6,8,12H,5,7,9-10H2,1-2H3,(H,19,23). The normalized spacial score (nSPS) is 17.3. The Morgan fingerprint density at radius 3 is 2.83 bits per heavy atom. The number of halogens is 1. The zero-order chi connectivity index (χ0) is 17.3. The summed E-state index contributed by atoms with van der Waals surface area (Å²) in [5.41, 5.74) is 0. The third-order valence-electron chi connectivity index (χ3n) is 4.24. The Labute approximate surface area is 150 Å². The number of urea groups is 1. The first-order valence-corrected chi connectivity index (χ1v) is 9.10. The van der Waals surface area contributed by atoms with Gasteiger partial charge in [0.2, 0.25) is 5.91 Å². The minimum absolute atomic E-state index is 0.0254. The fraction of sp³-hybridized carbons (Fsp3) is 0.412. The lowest BCUT2D eigenvalue weighted by atomic mass is 10.2. The van der Waals surface area contributed by atoms with E-state index in [1.54, 1.807) is 35.2 Å².